The Labute approximate surface area is 168 Å². The fraction of sp³-hybridized carbons (Fsp3) is 0. The van der Waals surface area contributed by atoms with Gasteiger partial charge in [-0.05, 0) is 53.9 Å². The lowest BCUT2D eigenvalue weighted by Crippen LogP contribution is -2.01. The maximum atomic E-state index is 13.2. The minimum absolute atomic E-state index is 0.296. The Morgan fingerprint density at radius 2 is 1.62 bits per heavy atom. The van der Waals surface area contributed by atoms with E-state index in [1.807, 2.05) is 23.6 Å². The lowest BCUT2D eigenvalue weighted by atomic mass is 10.1. The monoisotopic (exact) mass is 422 g/mol. The zero-order valence-corrected chi connectivity index (χ0v) is 16.2. The molecule has 0 fully saturated rings. The van der Waals surface area contributed by atoms with Gasteiger partial charge in [-0.2, -0.15) is 5.10 Å². The first kappa shape index (κ1) is 17.6. The molecule has 0 unspecified atom stereocenters. The first-order valence-corrected chi connectivity index (χ1v) is 9.59. The maximum absolute atomic E-state index is 13.2. The summed E-state index contributed by atoms with van der Waals surface area (Å²) < 4.78 is 14.9. The molecule has 0 saturated carbocycles. The SMILES string of the molecule is Fc1ccc(-c2cc(-c3cccs3)n(-c3c(Cl)cc(Cl)cc3Cl)n2)cc1. The maximum Gasteiger partial charge on any atom is 0.123 e. The van der Waals surface area contributed by atoms with Gasteiger partial charge in [0.05, 0.1) is 26.3 Å². The Morgan fingerprint density at radius 1 is 0.923 bits per heavy atom. The van der Waals surface area contributed by atoms with Gasteiger partial charge in [0, 0.05) is 10.6 Å². The summed E-state index contributed by atoms with van der Waals surface area (Å²) >= 11 is 20.4. The normalized spacial score (nSPS) is 11.1. The topological polar surface area (TPSA) is 17.8 Å². The highest BCUT2D eigenvalue weighted by molar-refractivity contribution is 7.13. The van der Waals surface area contributed by atoms with Crippen molar-refractivity contribution in [3.05, 3.63) is 80.9 Å². The highest BCUT2D eigenvalue weighted by Crippen LogP contribution is 2.37. The minimum atomic E-state index is -0.296. The van der Waals surface area contributed by atoms with Crippen molar-refractivity contribution in [3.8, 4) is 27.5 Å². The number of aromatic nitrogens is 2. The number of rotatable bonds is 3. The average molecular weight is 424 g/mol. The van der Waals surface area contributed by atoms with Crippen LogP contribution in [-0.2, 0) is 0 Å². The van der Waals surface area contributed by atoms with E-state index in [-0.39, 0.29) is 5.82 Å². The van der Waals surface area contributed by atoms with Gasteiger partial charge in [0.1, 0.15) is 11.5 Å². The van der Waals surface area contributed by atoms with Crippen molar-refractivity contribution < 1.29 is 4.39 Å². The summed E-state index contributed by atoms with van der Waals surface area (Å²) in [5, 5.41) is 7.90. The van der Waals surface area contributed by atoms with E-state index in [0.717, 1.165) is 16.1 Å². The van der Waals surface area contributed by atoms with Crippen LogP contribution in [0.4, 0.5) is 4.39 Å². The van der Waals surface area contributed by atoms with E-state index in [2.05, 4.69) is 5.10 Å². The summed E-state index contributed by atoms with van der Waals surface area (Å²) in [6, 6.07) is 15.3. The molecule has 0 bridgehead atoms. The molecule has 2 heterocycles. The molecule has 4 rings (SSSR count). The van der Waals surface area contributed by atoms with E-state index < -0.39 is 0 Å². The first-order chi connectivity index (χ1) is 12.5. The van der Waals surface area contributed by atoms with E-state index in [9.17, 15) is 4.39 Å². The second-order valence-electron chi connectivity index (χ2n) is 5.53. The molecule has 0 saturated heterocycles. The molecule has 4 aromatic rings. The van der Waals surface area contributed by atoms with Gasteiger partial charge >= 0.3 is 0 Å². The van der Waals surface area contributed by atoms with Crippen molar-refractivity contribution in [2.24, 2.45) is 0 Å². The van der Waals surface area contributed by atoms with Crippen LogP contribution < -0.4 is 0 Å². The van der Waals surface area contributed by atoms with Crippen molar-refractivity contribution in [1.82, 2.24) is 9.78 Å². The number of thiophene rings is 1. The van der Waals surface area contributed by atoms with Crippen LogP contribution in [0.2, 0.25) is 15.1 Å². The quantitative estimate of drug-likeness (QED) is 0.336. The fourth-order valence-electron chi connectivity index (χ4n) is 2.65. The minimum Gasteiger partial charge on any atom is -0.229 e. The predicted octanol–water partition coefficient (Wildman–Crippen LogP) is 7.37. The van der Waals surface area contributed by atoms with E-state index in [1.165, 1.54) is 12.1 Å². The molecule has 0 aliphatic carbocycles. The van der Waals surface area contributed by atoms with Crippen molar-refractivity contribution in [2.75, 3.05) is 0 Å². The third-order valence-corrected chi connectivity index (χ3v) is 5.50. The number of benzene rings is 2. The molecule has 0 N–H and O–H groups in total. The summed E-state index contributed by atoms with van der Waals surface area (Å²) in [5.74, 6) is -0.296. The number of hydrogen-bond acceptors (Lipinski definition) is 2. The number of halogens is 4. The third-order valence-electron chi connectivity index (χ3n) is 3.82. The van der Waals surface area contributed by atoms with Gasteiger partial charge in [-0.25, -0.2) is 9.07 Å². The number of nitrogens with zero attached hydrogens (tertiary/aromatic N) is 2. The van der Waals surface area contributed by atoms with Crippen LogP contribution in [0.15, 0.2) is 60.0 Å². The van der Waals surface area contributed by atoms with Gasteiger partial charge in [-0.3, -0.25) is 0 Å². The molecule has 0 spiro atoms. The van der Waals surface area contributed by atoms with Crippen molar-refractivity contribution in [1.29, 1.82) is 0 Å². The van der Waals surface area contributed by atoms with Gasteiger partial charge in [0.25, 0.3) is 0 Å². The summed E-state index contributed by atoms with van der Waals surface area (Å²) in [5.41, 5.74) is 2.87. The van der Waals surface area contributed by atoms with E-state index in [0.29, 0.717) is 26.4 Å². The molecule has 0 aliphatic rings. The van der Waals surface area contributed by atoms with Gasteiger partial charge in [-0.15, -0.1) is 11.3 Å². The second kappa shape index (κ2) is 7.05. The van der Waals surface area contributed by atoms with Gasteiger partial charge in [0.15, 0.2) is 0 Å². The van der Waals surface area contributed by atoms with E-state index in [4.69, 9.17) is 34.8 Å². The van der Waals surface area contributed by atoms with Crippen LogP contribution in [0.3, 0.4) is 0 Å². The molecule has 0 atom stereocenters. The van der Waals surface area contributed by atoms with E-state index in [1.54, 1.807) is 40.3 Å². The molecule has 2 nitrogen and oxygen atoms in total. The Bertz CT molecular complexity index is 1050. The summed E-state index contributed by atoms with van der Waals surface area (Å²) in [6.45, 7) is 0. The molecule has 0 amide bonds. The molecule has 7 heteroatoms. The molecule has 130 valence electrons. The molecule has 0 aliphatic heterocycles. The van der Waals surface area contributed by atoms with Crippen molar-refractivity contribution in [2.45, 2.75) is 0 Å². The largest absolute Gasteiger partial charge is 0.229 e. The predicted molar refractivity (Wildman–Crippen MR) is 107 cm³/mol. The average Bonchev–Trinajstić information content (AvgIpc) is 3.24. The van der Waals surface area contributed by atoms with Crippen LogP contribution in [0.5, 0.6) is 0 Å². The summed E-state index contributed by atoms with van der Waals surface area (Å²) in [7, 11) is 0. The molecule has 2 aromatic carbocycles. The zero-order valence-electron chi connectivity index (χ0n) is 13.1. The Hall–Kier alpha value is -1.85. The standard InChI is InChI=1S/C19H10Cl3FN2S/c20-12-8-14(21)19(15(22)9-12)25-17(18-2-1-7-26-18)10-16(24-25)11-3-5-13(23)6-4-11/h1-10H. The number of hydrogen-bond donors (Lipinski definition) is 0. The van der Waals surface area contributed by atoms with Gasteiger partial charge in [0.2, 0.25) is 0 Å². The van der Waals surface area contributed by atoms with Crippen molar-refractivity contribution in [3.63, 3.8) is 0 Å². The highest BCUT2D eigenvalue weighted by Gasteiger charge is 2.18. The lowest BCUT2D eigenvalue weighted by molar-refractivity contribution is 0.628. The van der Waals surface area contributed by atoms with Crippen LogP contribution >= 0.6 is 46.1 Å². The fourth-order valence-corrected chi connectivity index (χ4v) is 4.35. The van der Waals surface area contributed by atoms with Crippen LogP contribution in [-0.4, -0.2) is 9.78 Å². The second-order valence-corrected chi connectivity index (χ2v) is 7.73. The van der Waals surface area contributed by atoms with Crippen LogP contribution in [0.1, 0.15) is 0 Å². The zero-order chi connectivity index (χ0) is 18.3. The van der Waals surface area contributed by atoms with Gasteiger partial charge < -0.3 is 0 Å². The third kappa shape index (κ3) is 3.26. The summed E-state index contributed by atoms with van der Waals surface area (Å²) in [4.78, 5) is 1.01. The first-order valence-electron chi connectivity index (χ1n) is 7.58. The summed E-state index contributed by atoms with van der Waals surface area (Å²) in [6.07, 6.45) is 0. The van der Waals surface area contributed by atoms with Crippen LogP contribution in [0.25, 0.3) is 27.5 Å². The molecule has 2 aromatic heterocycles. The highest BCUT2D eigenvalue weighted by atomic mass is 35.5. The smallest absolute Gasteiger partial charge is 0.123 e. The molecule has 26 heavy (non-hydrogen) atoms. The Morgan fingerprint density at radius 3 is 2.23 bits per heavy atom. The lowest BCUT2D eigenvalue weighted by Gasteiger charge is -2.11. The van der Waals surface area contributed by atoms with Crippen LogP contribution in [0, 0.1) is 5.82 Å². The molecular weight excluding hydrogens is 414 g/mol. The van der Waals surface area contributed by atoms with Crippen molar-refractivity contribution >= 4 is 46.1 Å². The Kier molecular flexibility index (Phi) is 4.76. The van der Waals surface area contributed by atoms with Gasteiger partial charge in [-0.1, -0.05) is 40.9 Å². The Balaban J connectivity index is 1.95. The molecule has 0 radical (unpaired) electrons. The molecular formula is C19H10Cl3FN2S. The van der Waals surface area contributed by atoms with E-state index >= 15 is 0 Å².